The molecule has 0 atom stereocenters. The predicted octanol–water partition coefficient (Wildman–Crippen LogP) is 3.93. The third-order valence-electron chi connectivity index (χ3n) is 1.85. The highest BCUT2D eigenvalue weighted by atomic mass is 127. The van der Waals surface area contributed by atoms with Crippen LogP contribution >= 0.6 is 38.5 Å². The third kappa shape index (κ3) is 2.02. The van der Waals surface area contributed by atoms with Gasteiger partial charge in [0.2, 0.25) is 0 Å². The summed E-state index contributed by atoms with van der Waals surface area (Å²) < 4.78 is 2.06. The number of fused-ring (bicyclic) bond motifs is 1. The summed E-state index contributed by atoms with van der Waals surface area (Å²) in [4.78, 5) is 4.51. The number of nitrogens with zero attached hydrogens (tertiary/aromatic N) is 1. The van der Waals surface area contributed by atoms with E-state index in [1.165, 1.54) is 5.39 Å². The summed E-state index contributed by atoms with van der Waals surface area (Å²) in [6, 6.07) is 10.3. The minimum absolute atomic E-state index is 0.962. The van der Waals surface area contributed by atoms with Crippen LogP contribution in [-0.4, -0.2) is 4.98 Å². The van der Waals surface area contributed by atoms with E-state index in [4.69, 9.17) is 0 Å². The van der Waals surface area contributed by atoms with E-state index >= 15 is 0 Å². The molecule has 1 aromatic carbocycles. The number of rotatable bonds is 1. The lowest BCUT2D eigenvalue weighted by Crippen LogP contribution is -1.85. The van der Waals surface area contributed by atoms with E-state index in [-0.39, 0.29) is 0 Å². The van der Waals surface area contributed by atoms with Gasteiger partial charge in [0, 0.05) is 14.3 Å². The molecule has 0 saturated carbocycles. The molecule has 0 fully saturated rings. The fourth-order valence-electron chi connectivity index (χ4n) is 1.21. The Hall–Kier alpha value is -0.160. The largest absolute Gasteiger partial charge is 0.252 e. The number of benzene rings is 1. The van der Waals surface area contributed by atoms with E-state index in [9.17, 15) is 0 Å². The summed E-state index contributed by atoms with van der Waals surface area (Å²) in [5.74, 6) is 0. The lowest BCUT2D eigenvalue weighted by atomic mass is 10.2. The van der Waals surface area contributed by atoms with E-state index in [0.717, 1.165) is 20.1 Å². The lowest BCUT2D eigenvalue weighted by Gasteiger charge is -1.99. The molecule has 2 aromatic rings. The van der Waals surface area contributed by atoms with Crippen LogP contribution in [0.15, 0.2) is 34.8 Å². The maximum Gasteiger partial charge on any atom is 0.0706 e. The molecule has 2 rings (SSSR count). The van der Waals surface area contributed by atoms with Gasteiger partial charge in [-0.15, -0.1) is 0 Å². The zero-order chi connectivity index (χ0) is 9.26. The Bertz CT molecular complexity index is 442. The van der Waals surface area contributed by atoms with Crippen molar-refractivity contribution in [2.45, 2.75) is 4.43 Å². The predicted molar refractivity (Wildman–Crippen MR) is 67.2 cm³/mol. The second-order valence-electron chi connectivity index (χ2n) is 2.77. The molecule has 0 spiro atoms. The average molecular weight is 348 g/mol. The molecule has 3 heteroatoms. The minimum Gasteiger partial charge on any atom is -0.252 e. The van der Waals surface area contributed by atoms with Gasteiger partial charge in [0.1, 0.15) is 0 Å². The third-order valence-corrected chi connectivity index (χ3v) is 3.12. The molecule has 0 saturated heterocycles. The van der Waals surface area contributed by atoms with Gasteiger partial charge in [-0.1, -0.05) is 44.6 Å². The molecular weight excluding hydrogens is 341 g/mol. The van der Waals surface area contributed by atoms with Crippen LogP contribution in [0.25, 0.3) is 10.9 Å². The molecular formula is C10H7BrIN. The Labute approximate surface area is 98.8 Å². The second-order valence-corrected chi connectivity index (χ2v) is 4.45. The highest BCUT2D eigenvalue weighted by molar-refractivity contribution is 14.1. The highest BCUT2D eigenvalue weighted by Gasteiger charge is 1.97. The smallest absolute Gasteiger partial charge is 0.0706 e. The van der Waals surface area contributed by atoms with Crippen molar-refractivity contribution in [3.63, 3.8) is 0 Å². The second kappa shape index (κ2) is 3.92. The Balaban J connectivity index is 2.66. The van der Waals surface area contributed by atoms with Crippen LogP contribution in [-0.2, 0) is 4.43 Å². The van der Waals surface area contributed by atoms with Gasteiger partial charge in [-0.2, -0.15) is 0 Å². The number of hydrogen-bond acceptors (Lipinski definition) is 1. The number of aromatic nitrogens is 1. The fraction of sp³-hybridized carbons (Fsp3) is 0.100. The lowest BCUT2D eigenvalue weighted by molar-refractivity contribution is 1.24. The van der Waals surface area contributed by atoms with Gasteiger partial charge in [-0.05, 0) is 24.3 Å². The van der Waals surface area contributed by atoms with Crippen LogP contribution < -0.4 is 0 Å². The van der Waals surface area contributed by atoms with Gasteiger partial charge < -0.3 is 0 Å². The average Bonchev–Trinajstić information content (AvgIpc) is 2.17. The van der Waals surface area contributed by atoms with Gasteiger partial charge >= 0.3 is 0 Å². The molecule has 1 heterocycles. The standard InChI is InChI=1S/C10H7BrIN/c11-8-2-4-10-7(5-8)1-3-9(6-12)13-10/h1-5H,6H2. The van der Waals surface area contributed by atoms with Crippen molar-refractivity contribution < 1.29 is 0 Å². The summed E-state index contributed by atoms with van der Waals surface area (Å²) in [6.07, 6.45) is 0. The van der Waals surface area contributed by atoms with Crippen molar-refractivity contribution in [3.8, 4) is 0 Å². The molecule has 0 N–H and O–H groups in total. The Morgan fingerprint density at radius 1 is 1.23 bits per heavy atom. The van der Waals surface area contributed by atoms with Crippen molar-refractivity contribution >= 4 is 49.4 Å². The zero-order valence-corrected chi connectivity index (χ0v) is 10.5. The van der Waals surface area contributed by atoms with Crippen molar-refractivity contribution in [2.24, 2.45) is 0 Å². The van der Waals surface area contributed by atoms with E-state index < -0.39 is 0 Å². The van der Waals surface area contributed by atoms with Gasteiger partial charge in [-0.3, -0.25) is 4.98 Å². The highest BCUT2D eigenvalue weighted by Crippen LogP contribution is 2.19. The van der Waals surface area contributed by atoms with Gasteiger partial charge in [-0.25, -0.2) is 0 Å². The van der Waals surface area contributed by atoms with Crippen LogP contribution in [0.5, 0.6) is 0 Å². The quantitative estimate of drug-likeness (QED) is 0.562. The SMILES string of the molecule is Brc1ccc2nc(CI)ccc2c1. The maximum absolute atomic E-state index is 4.51. The molecule has 0 aliphatic carbocycles. The van der Waals surface area contributed by atoms with Gasteiger partial charge in [0.25, 0.3) is 0 Å². The van der Waals surface area contributed by atoms with E-state index in [1.54, 1.807) is 0 Å². The van der Waals surface area contributed by atoms with Crippen molar-refractivity contribution in [1.82, 2.24) is 4.98 Å². The Kier molecular flexibility index (Phi) is 2.83. The molecule has 1 nitrogen and oxygen atoms in total. The summed E-state index contributed by atoms with van der Waals surface area (Å²) in [5.41, 5.74) is 2.20. The molecule has 0 unspecified atom stereocenters. The molecule has 0 radical (unpaired) electrons. The van der Waals surface area contributed by atoms with Crippen molar-refractivity contribution in [1.29, 1.82) is 0 Å². The molecule has 0 amide bonds. The monoisotopic (exact) mass is 347 g/mol. The van der Waals surface area contributed by atoms with E-state index in [2.05, 4.69) is 61.7 Å². The normalized spacial score (nSPS) is 10.6. The summed E-state index contributed by atoms with van der Waals surface area (Å²) in [5, 5.41) is 1.18. The first-order valence-corrected chi connectivity index (χ1v) is 6.22. The topological polar surface area (TPSA) is 12.9 Å². The van der Waals surface area contributed by atoms with Crippen LogP contribution in [0, 0.1) is 0 Å². The van der Waals surface area contributed by atoms with E-state index in [0.29, 0.717) is 0 Å². The van der Waals surface area contributed by atoms with Crippen LogP contribution in [0.4, 0.5) is 0 Å². The maximum atomic E-state index is 4.51. The van der Waals surface area contributed by atoms with Gasteiger partial charge in [0.05, 0.1) is 11.2 Å². The summed E-state index contributed by atoms with van der Waals surface area (Å²) in [6.45, 7) is 0. The summed E-state index contributed by atoms with van der Waals surface area (Å²) >= 11 is 5.76. The van der Waals surface area contributed by atoms with Crippen molar-refractivity contribution in [2.75, 3.05) is 0 Å². The Morgan fingerprint density at radius 3 is 2.85 bits per heavy atom. The van der Waals surface area contributed by atoms with Crippen LogP contribution in [0.3, 0.4) is 0 Å². The minimum atomic E-state index is 0.962. The molecule has 13 heavy (non-hydrogen) atoms. The summed E-state index contributed by atoms with van der Waals surface area (Å²) in [7, 11) is 0. The Morgan fingerprint density at radius 2 is 2.08 bits per heavy atom. The zero-order valence-electron chi connectivity index (χ0n) is 6.80. The molecule has 0 bridgehead atoms. The number of alkyl halides is 1. The van der Waals surface area contributed by atoms with E-state index in [1.807, 2.05) is 12.1 Å². The molecule has 66 valence electrons. The fourth-order valence-corrected chi connectivity index (χ4v) is 2.02. The molecule has 0 aliphatic heterocycles. The number of pyridine rings is 1. The first-order valence-electron chi connectivity index (χ1n) is 3.91. The first-order chi connectivity index (χ1) is 6.29. The number of hydrogen-bond donors (Lipinski definition) is 0. The van der Waals surface area contributed by atoms with Crippen LogP contribution in [0.1, 0.15) is 5.69 Å². The van der Waals surface area contributed by atoms with Gasteiger partial charge in [0.15, 0.2) is 0 Å². The van der Waals surface area contributed by atoms with Crippen LogP contribution in [0.2, 0.25) is 0 Å². The number of halogens is 2. The molecule has 0 aliphatic rings. The first kappa shape index (κ1) is 9.40. The van der Waals surface area contributed by atoms with Crippen molar-refractivity contribution in [3.05, 3.63) is 40.5 Å². The molecule has 1 aromatic heterocycles.